The van der Waals surface area contributed by atoms with Gasteiger partial charge in [-0.1, -0.05) is 31.9 Å². The lowest BCUT2D eigenvalue weighted by Crippen LogP contribution is -2.03. The van der Waals surface area contributed by atoms with Gasteiger partial charge < -0.3 is 0 Å². The molecule has 0 heterocycles. The maximum Gasteiger partial charge on any atom is 0.195 e. The quantitative estimate of drug-likeness (QED) is 0.467. The number of ketones is 1. The first-order chi connectivity index (χ1) is 8.49. The highest BCUT2D eigenvalue weighted by Crippen LogP contribution is 2.28. The van der Waals surface area contributed by atoms with Crippen molar-refractivity contribution in [3.05, 3.63) is 65.4 Å². The van der Waals surface area contributed by atoms with E-state index in [2.05, 4.69) is 63.7 Å². The standard InChI is InChI=1S/C13H6Br4O/c14-7-1-3-9(11(16)5-7)13(18)10-4-2-8(15)6-12(10)17/h1-6H. The molecule has 0 bridgehead atoms. The smallest absolute Gasteiger partial charge is 0.195 e. The molecule has 2 rings (SSSR count). The number of carbonyl (C=O) groups is 1. The number of hydrogen-bond donors (Lipinski definition) is 0. The molecule has 1 nitrogen and oxygen atoms in total. The average molecular weight is 498 g/mol. The van der Waals surface area contributed by atoms with Crippen LogP contribution in [0.4, 0.5) is 0 Å². The summed E-state index contributed by atoms with van der Waals surface area (Å²) >= 11 is 13.6. The minimum Gasteiger partial charge on any atom is -0.289 e. The van der Waals surface area contributed by atoms with Crippen molar-refractivity contribution in [1.29, 1.82) is 0 Å². The SMILES string of the molecule is O=C(c1ccc(Br)cc1Br)c1ccc(Br)cc1Br. The van der Waals surface area contributed by atoms with E-state index in [1.54, 1.807) is 12.1 Å². The number of carbonyl (C=O) groups excluding carboxylic acids is 1. The van der Waals surface area contributed by atoms with Crippen LogP contribution in [-0.2, 0) is 0 Å². The van der Waals surface area contributed by atoms with E-state index in [9.17, 15) is 4.79 Å². The van der Waals surface area contributed by atoms with Gasteiger partial charge in [0.2, 0.25) is 0 Å². The Labute approximate surface area is 138 Å². The molecule has 0 unspecified atom stereocenters. The second kappa shape index (κ2) is 5.99. The third-order valence-corrected chi connectivity index (χ3v) is 4.65. The zero-order valence-corrected chi connectivity index (χ0v) is 15.2. The molecule has 18 heavy (non-hydrogen) atoms. The van der Waals surface area contributed by atoms with E-state index in [4.69, 9.17) is 0 Å². The lowest BCUT2D eigenvalue weighted by molar-refractivity contribution is 0.103. The summed E-state index contributed by atoms with van der Waals surface area (Å²) in [7, 11) is 0. The van der Waals surface area contributed by atoms with Crippen LogP contribution in [0.15, 0.2) is 54.3 Å². The van der Waals surface area contributed by atoms with E-state index >= 15 is 0 Å². The molecule has 0 aliphatic heterocycles. The Balaban J connectivity index is 2.48. The van der Waals surface area contributed by atoms with Crippen molar-refractivity contribution in [3.8, 4) is 0 Å². The fourth-order valence-corrected chi connectivity index (χ4v) is 3.95. The summed E-state index contributed by atoms with van der Waals surface area (Å²) in [5.74, 6) is -0.0197. The van der Waals surface area contributed by atoms with Gasteiger partial charge in [-0.25, -0.2) is 0 Å². The molecule has 0 spiro atoms. The zero-order valence-electron chi connectivity index (χ0n) is 8.88. The Kier molecular flexibility index (Phi) is 4.80. The average Bonchev–Trinajstić information content (AvgIpc) is 2.28. The van der Waals surface area contributed by atoms with Crippen molar-refractivity contribution < 1.29 is 4.79 Å². The third kappa shape index (κ3) is 3.13. The first kappa shape index (κ1) is 14.4. The molecule has 2 aromatic carbocycles. The van der Waals surface area contributed by atoms with Crippen LogP contribution in [0.2, 0.25) is 0 Å². The van der Waals surface area contributed by atoms with E-state index < -0.39 is 0 Å². The Morgan fingerprint density at radius 3 is 1.44 bits per heavy atom. The maximum absolute atomic E-state index is 12.4. The predicted molar refractivity (Wildman–Crippen MR) is 87.1 cm³/mol. The van der Waals surface area contributed by atoms with E-state index in [0.717, 1.165) is 17.9 Å². The van der Waals surface area contributed by atoms with Crippen LogP contribution in [0.1, 0.15) is 15.9 Å². The van der Waals surface area contributed by atoms with Crippen LogP contribution < -0.4 is 0 Å². The van der Waals surface area contributed by atoms with Gasteiger partial charge in [0, 0.05) is 29.0 Å². The molecule has 0 atom stereocenters. The Bertz CT molecular complexity index is 569. The normalized spacial score (nSPS) is 10.4. The lowest BCUT2D eigenvalue weighted by atomic mass is 10.0. The third-order valence-electron chi connectivity index (χ3n) is 2.35. The van der Waals surface area contributed by atoms with Gasteiger partial charge in [0.05, 0.1) is 0 Å². The first-order valence-corrected chi connectivity index (χ1v) is 8.11. The number of benzene rings is 2. The summed E-state index contributed by atoms with van der Waals surface area (Å²) in [6.45, 7) is 0. The molecule has 0 saturated carbocycles. The van der Waals surface area contributed by atoms with Crippen LogP contribution in [-0.4, -0.2) is 5.78 Å². The lowest BCUT2D eigenvalue weighted by Gasteiger charge is -2.07. The first-order valence-electron chi connectivity index (χ1n) is 4.94. The highest BCUT2D eigenvalue weighted by atomic mass is 79.9. The topological polar surface area (TPSA) is 17.1 Å². The van der Waals surface area contributed by atoms with Gasteiger partial charge in [0.1, 0.15) is 0 Å². The minimum atomic E-state index is -0.0197. The van der Waals surface area contributed by atoms with Gasteiger partial charge in [-0.05, 0) is 68.3 Å². The van der Waals surface area contributed by atoms with Crippen molar-refractivity contribution in [2.75, 3.05) is 0 Å². The van der Waals surface area contributed by atoms with E-state index in [-0.39, 0.29) is 5.78 Å². The van der Waals surface area contributed by atoms with Crippen molar-refractivity contribution in [3.63, 3.8) is 0 Å². The highest BCUT2D eigenvalue weighted by molar-refractivity contribution is 9.11. The fourth-order valence-electron chi connectivity index (χ4n) is 1.49. The van der Waals surface area contributed by atoms with Crippen molar-refractivity contribution in [2.24, 2.45) is 0 Å². The van der Waals surface area contributed by atoms with Gasteiger partial charge in [-0.2, -0.15) is 0 Å². The van der Waals surface area contributed by atoms with Crippen LogP contribution in [0.5, 0.6) is 0 Å². The monoisotopic (exact) mass is 494 g/mol. The molecule has 0 fully saturated rings. The zero-order chi connectivity index (χ0) is 13.3. The van der Waals surface area contributed by atoms with Crippen LogP contribution in [0, 0.1) is 0 Å². The van der Waals surface area contributed by atoms with E-state index in [1.807, 2.05) is 24.3 Å². The molecule has 0 N–H and O–H groups in total. The predicted octanol–water partition coefficient (Wildman–Crippen LogP) is 5.97. The maximum atomic E-state index is 12.4. The molecule has 0 amide bonds. The largest absolute Gasteiger partial charge is 0.289 e. The van der Waals surface area contributed by atoms with Crippen molar-refractivity contribution >= 4 is 69.5 Å². The molecular weight excluding hydrogens is 492 g/mol. The molecule has 0 radical (unpaired) electrons. The summed E-state index contributed by atoms with van der Waals surface area (Å²) in [6, 6.07) is 11.0. The summed E-state index contributed by atoms with van der Waals surface area (Å²) in [4.78, 5) is 12.4. The van der Waals surface area contributed by atoms with Crippen molar-refractivity contribution in [2.45, 2.75) is 0 Å². The van der Waals surface area contributed by atoms with Gasteiger partial charge >= 0.3 is 0 Å². The second-order valence-corrected chi connectivity index (χ2v) is 7.12. The van der Waals surface area contributed by atoms with Gasteiger partial charge in [0.15, 0.2) is 5.78 Å². The molecule has 5 heteroatoms. The molecular formula is C13H6Br4O. The summed E-state index contributed by atoms with van der Waals surface area (Å²) in [5.41, 5.74) is 1.28. The van der Waals surface area contributed by atoms with Crippen LogP contribution in [0.3, 0.4) is 0 Å². The van der Waals surface area contributed by atoms with Crippen LogP contribution in [0.25, 0.3) is 0 Å². The molecule has 92 valence electrons. The molecule has 0 saturated heterocycles. The van der Waals surface area contributed by atoms with E-state index in [1.165, 1.54) is 0 Å². The molecule has 0 aliphatic carbocycles. The fraction of sp³-hybridized carbons (Fsp3) is 0. The van der Waals surface area contributed by atoms with Gasteiger partial charge in [-0.3, -0.25) is 4.79 Å². The number of hydrogen-bond acceptors (Lipinski definition) is 1. The number of rotatable bonds is 2. The summed E-state index contributed by atoms with van der Waals surface area (Å²) < 4.78 is 3.41. The Morgan fingerprint density at radius 2 is 1.11 bits per heavy atom. The van der Waals surface area contributed by atoms with Gasteiger partial charge in [0.25, 0.3) is 0 Å². The van der Waals surface area contributed by atoms with Crippen molar-refractivity contribution in [1.82, 2.24) is 0 Å². The Morgan fingerprint density at radius 1 is 0.722 bits per heavy atom. The summed E-state index contributed by atoms with van der Waals surface area (Å²) in [5, 5.41) is 0. The number of halogens is 4. The molecule has 2 aromatic rings. The molecule has 0 aromatic heterocycles. The molecule has 0 aliphatic rings. The highest BCUT2D eigenvalue weighted by Gasteiger charge is 2.15. The Hall–Kier alpha value is 0.0300. The van der Waals surface area contributed by atoms with Gasteiger partial charge in [-0.15, -0.1) is 0 Å². The second-order valence-electron chi connectivity index (χ2n) is 3.58. The summed E-state index contributed by atoms with van der Waals surface area (Å²) in [6.07, 6.45) is 0. The van der Waals surface area contributed by atoms with Crippen LogP contribution >= 0.6 is 63.7 Å². The minimum absolute atomic E-state index is 0.0197. The van der Waals surface area contributed by atoms with E-state index in [0.29, 0.717) is 11.1 Å².